The standard InChI is InChI=1S/C11H10N6O2/c1-6-13-2-3-16(6)8-5-17-9(14-11(12)15-17)4-7(8)10(18)19/h2-5H,1H3,(H2,12,15)(H,18,19). The van der Waals surface area contributed by atoms with Crippen LogP contribution in [0.2, 0.25) is 0 Å². The minimum Gasteiger partial charge on any atom is -0.478 e. The van der Waals surface area contributed by atoms with Gasteiger partial charge in [-0.2, -0.15) is 4.98 Å². The third-order valence-electron chi connectivity index (χ3n) is 2.78. The molecule has 3 rings (SSSR count). The number of pyridine rings is 1. The van der Waals surface area contributed by atoms with Gasteiger partial charge in [-0.1, -0.05) is 0 Å². The van der Waals surface area contributed by atoms with Gasteiger partial charge in [0.2, 0.25) is 5.95 Å². The molecule has 0 amide bonds. The lowest BCUT2D eigenvalue weighted by molar-refractivity contribution is 0.0697. The van der Waals surface area contributed by atoms with Gasteiger partial charge < -0.3 is 15.4 Å². The maximum absolute atomic E-state index is 11.4. The predicted octanol–water partition coefficient (Wildman–Crippen LogP) is 0.504. The van der Waals surface area contributed by atoms with E-state index in [2.05, 4.69) is 15.1 Å². The zero-order valence-electron chi connectivity index (χ0n) is 9.98. The van der Waals surface area contributed by atoms with Crippen molar-refractivity contribution in [3.05, 3.63) is 36.0 Å². The smallest absolute Gasteiger partial charge is 0.338 e. The van der Waals surface area contributed by atoms with Crippen molar-refractivity contribution in [1.29, 1.82) is 0 Å². The quantitative estimate of drug-likeness (QED) is 0.692. The minimum atomic E-state index is -1.05. The first kappa shape index (κ1) is 11.2. The van der Waals surface area contributed by atoms with E-state index in [0.29, 0.717) is 17.2 Å². The van der Waals surface area contributed by atoms with Gasteiger partial charge in [0.05, 0.1) is 17.4 Å². The first-order valence-electron chi connectivity index (χ1n) is 5.46. The number of aromatic nitrogens is 5. The highest BCUT2D eigenvalue weighted by atomic mass is 16.4. The van der Waals surface area contributed by atoms with Crippen molar-refractivity contribution in [2.75, 3.05) is 5.73 Å². The van der Waals surface area contributed by atoms with E-state index in [1.165, 1.54) is 10.6 Å². The van der Waals surface area contributed by atoms with Gasteiger partial charge in [0.1, 0.15) is 5.82 Å². The Balaban J connectivity index is 2.35. The fourth-order valence-electron chi connectivity index (χ4n) is 1.93. The number of aryl methyl sites for hydroxylation is 1. The number of hydrogen-bond acceptors (Lipinski definition) is 5. The molecule has 3 aromatic rings. The summed E-state index contributed by atoms with van der Waals surface area (Å²) in [7, 11) is 0. The molecule has 19 heavy (non-hydrogen) atoms. The number of rotatable bonds is 2. The predicted molar refractivity (Wildman–Crippen MR) is 66.2 cm³/mol. The van der Waals surface area contributed by atoms with Crippen molar-refractivity contribution >= 4 is 17.6 Å². The number of anilines is 1. The highest BCUT2D eigenvalue weighted by Gasteiger charge is 2.16. The molecule has 0 saturated carbocycles. The Morgan fingerprint density at radius 2 is 2.26 bits per heavy atom. The second-order valence-corrected chi connectivity index (χ2v) is 3.99. The number of carboxylic acid groups (broad SMARTS) is 1. The van der Waals surface area contributed by atoms with Crippen LogP contribution >= 0.6 is 0 Å². The Morgan fingerprint density at radius 3 is 2.89 bits per heavy atom. The van der Waals surface area contributed by atoms with Crippen molar-refractivity contribution in [2.45, 2.75) is 6.92 Å². The summed E-state index contributed by atoms with van der Waals surface area (Å²) in [5.41, 5.74) is 6.46. The number of nitrogen functional groups attached to an aromatic ring is 1. The molecule has 3 heterocycles. The van der Waals surface area contributed by atoms with E-state index in [0.717, 1.165) is 0 Å². The summed E-state index contributed by atoms with van der Waals surface area (Å²) in [6.07, 6.45) is 4.85. The summed E-state index contributed by atoms with van der Waals surface area (Å²) < 4.78 is 3.11. The fourth-order valence-corrected chi connectivity index (χ4v) is 1.93. The van der Waals surface area contributed by atoms with E-state index in [1.54, 1.807) is 30.1 Å². The van der Waals surface area contributed by atoms with Crippen molar-refractivity contribution in [3.8, 4) is 5.69 Å². The van der Waals surface area contributed by atoms with Crippen molar-refractivity contribution in [1.82, 2.24) is 24.1 Å². The summed E-state index contributed by atoms with van der Waals surface area (Å²) in [5.74, 6) is -0.280. The molecule has 0 radical (unpaired) electrons. The number of carboxylic acids is 1. The summed E-state index contributed by atoms with van der Waals surface area (Å²) in [6, 6.07) is 1.43. The van der Waals surface area contributed by atoms with Gasteiger partial charge in [-0.05, 0) is 13.0 Å². The second-order valence-electron chi connectivity index (χ2n) is 3.99. The van der Waals surface area contributed by atoms with Crippen LogP contribution in [-0.2, 0) is 0 Å². The fraction of sp³-hybridized carbons (Fsp3) is 0.0909. The lowest BCUT2D eigenvalue weighted by Gasteiger charge is -2.09. The molecule has 0 atom stereocenters. The second kappa shape index (κ2) is 3.80. The molecule has 8 heteroatoms. The molecule has 0 unspecified atom stereocenters. The van der Waals surface area contributed by atoms with Gasteiger partial charge in [-0.15, -0.1) is 5.10 Å². The van der Waals surface area contributed by atoms with E-state index in [1.807, 2.05) is 0 Å². The van der Waals surface area contributed by atoms with Crippen molar-refractivity contribution < 1.29 is 9.90 Å². The molecule has 0 aliphatic rings. The molecule has 96 valence electrons. The summed E-state index contributed by atoms with van der Waals surface area (Å²) in [4.78, 5) is 19.4. The minimum absolute atomic E-state index is 0.0934. The van der Waals surface area contributed by atoms with Crippen LogP contribution in [0, 0.1) is 6.92 Å². The Labute approximate surface area is 107 Å². The maximum atomic E-state index is 11.4. The first-order valence-corrected chi connectivity index (χ1v) is 5.46. The molecule has 3 aromatic heterocycles. The van der Waals surface area contributed by atoms with Crippen LogP contribution in [0.1, 0.15) is 16.2 Å². The highest BCUT2D eigenvalue weighted by Crippen LogP contribution is 2.18. The van der Waals surface area contributed by atoms with Crippen LogP contribution < -0.4 is 5.73 Å². The molecule has 0 saturated heterocycles. The van der Waals surface area contributed by atoms with E-state index in [-0.39, 0.29) is 11.5 Å². The summed E-state index contributed by atoms with van der Waals surface area (Å²) in [5, 5.41) is 13.3. The number of imidazole rings is 1. The van der Waals surface area contributed by atoms with E-state index < -0.39 is 5.97 Å². The van der Waals surface area contributed by atoms with Gasteiger partial charge in [0, 0.05) is 12.4 Å². The Bertz CT molecular complexity index is 788. The molecular weight excluding hydrogens is 248 g/mol. The van der Waals surface area contributed by atoms with E-state index >= 15 is 0 Å². The molecule has 0 fully saturated rings. The molecule has 3 N–H and O–H groups in total. The van der Waals surface area contributed by atoms with E-state index in [9.17, 15) is 9.90 Å². The third-order valence-corrected chi connectivity index (χ3v) is 2.78. The molecule has 0 aliphatic heterocycles. The highest BCUT2D eigenvalue weighted by molar-refractivity contribution is 5.93. The van der Waals surface area contributed by atoms with Crippen LogP contribution in [0.4, 0.5) is 5.95 Å². The zero-order valence-corrected chi connectivity index (χ0v) is 9.98. The number of nitrogens with zero attached hydrogens (tertiary/aromatic N) is 5. The van der Waals surface area contributed by atoms with Gasteiger partial charge in [0.15, 0.2) is 5.65 Å². The zero-order chi connectivity index (χ0) is 13.6. The molecule has 0 aromatic carbocycles. The number of fused-ring (bicyclic) bond motifs is 1. The van der Waals surface area contributed by atoms with Crippen molar-refractivity contribution in [3.63, 3.8) is 0 Å². The third kappa shape index (κ3) is 1.69. The van der Waals surface area contributed by atoms with E-state index in [4.69, 9.17) is 5.73 Å². The Kier molecular flexibility index (Phi) is 2.24. The van der Waals surface area contributed by atoms with Crippen LogP contribution in [0.5, 0.6) is 0 Å². The van der Waals surface area contributed by atoms with Gasteiger partial charge >= 0.3 is 5.97 Å². The molecule has 0 aliphatic carbocycles. The number of aromatic carboxylic acids is 1. The van der Waals surface area contributed by atoms with Gasteiger partial charge in [0.25, 0.3) is 0 Å². The average molecular weight is 258 g/mol. The monoisotopic (exact) mass is 258 g/mol. The van der Waals surface area contributed by atoms with Crippen molar-refractivity contribution in [2.24, 2.45) is 0 Å². The lowest BCUT2D eigenvalue weighted by atomic mass is 10.2. The number of hydrogen-bond donors (Lipinski definition) is 2. The Morgan fingerprint density at radius 1 is 1.47 bits per heavy atom. The molecule has 0 spiro atoms. The summed E-state index contributed by atoms with van der Waals surface area (Å²) >= 11 is 0. The largest absolute Gasteiger partial charge is 0.478 e. The summed E-state index contributed by atoms with van der Waals surface area (Å²) in [6.45, 7) is 1.78. The number of nitrogens with two attached hydrogens (primary N) is 1. The van der Waals surface area contributed by atoms with Gasteiger partial charge in [-0.25, -0.2) is 14.3 Å². The molecule has 0 bridgehead atoms. The maximum Gasteiger partial charge on any atom is 0.338 e. The average Bonchev–Trinajstić information content (AvgIpc) is 2.91. The van der Waals surface area contributed by atoms with Crippen LogP contribution in [0.15, 0.2) is 24.7 Å². The first-order chi connectivity index (χ1) is 9.06. The Hall–Kier alpha value is -2.90. The lowest BCUT2D eigenvalue weighted by Crippen LogP contribution is -2.08. The van der Waals surface area contributed by atoms with Crippen LogP contribution in [-0.4, -0.2) is 35.2 Å². The van der Waals surface area contributed by atoms with Crippen LogP contribution in [0.3, 0.4) is 0 Å². The topological polar surface area (TPSA) is 111 Å². The molecular formula is C11H10N6O2. The normalized spacial score (nSPS) is 11.0. The number of carbonyl (C=O) groups is 1. The SMILES string of the molecule is Cc1nccn1-c1cn2nc(N)nc2cc1C(=O)O. The van der Waals surface area contributed by atoms with Gasteiger partial charge in [-0.3, -0.25) is 0 Å². The molecule has 8 nitrogen and oxygen atoms in total. The van der Waals surface area contributed by atoms with Crippen LogP contribution in [0.25, 0.3) is 11.3 Å².